The SMILES string of the molecule is CCCCCCCCC/C=C\CCCCCCCCCC(=O)OCCCCCCCCCCCCCCCC/C=C\CCCCCCCCCCCCCCCCCCCC(=O)NC(CO)C(O)/C=C/CCCCCCCCCCCCCCCCCCC. The minimum atomic E-state index is -0.843. The van der Waals surface area contributed by atoms with Crippen molar-refractivity contribution in [3.8, 4) is 0 Å². The number of nitrogens with one attached hydrogen (secondary N) is 1. The van der Waals surface area contributed by atoms with Crippen LogP contribution in [0.25, 0.3) is 0 Å². The van der Waals surface area contributed by atoms with E-state index >= 15 is 0 Å². The average molecular weight is 1250 g/mol. The number of rotatable bonds is 77. The molecule has 0 aliphatic rings. The van der Waals surface area contributed by atoms with Crippen molar-refractivity contribution in [2.75, 3.05) is 13.2 Å². The molecule has 0 radical (unpaired) electrons. The van der Waals surface area contributed by atoms with E-state index in [0.717, 1.165) is 44.9 Å². The van der Waals surface area contributed by atoms with Crippen LogP contribution in [0.15, 0.2) is 36.5 Å². The fourth-order valence-electron chi connectivity index (χ4n) is 12.9. The van der Waals surface area contributed by atoms with Gasteiger partial charge in [-0.1, -0.05) is 397 Å². The van der Waals surface area contributed by atoms with E-state index in [0.29, 0.717) is 19.4 Å². The second kappa shape index (κ2) is 78.5. The molecule has 0 heterocycles. The second-order valence-corrected chi connectivity index (χ2v) is 28.1. The highest BCUT2D eigenvalue weighted by Gasteiger charge is 2.18. The summed E-state index contributed by atoms with van der Waals surface area (Å²) in [6.07, 6.45) is 103. The summed E-state index contributed by atoms with van der Waals surface area (Å²) in [4.78, 5) is 24.7. The zero-order valence-corrected chi connectivity index (χ0v) is 60.4. The Morgan fingerprint density at radius 2 is 0.528 bits per heavy atom. The van der Waals surface area contributed by atoms with Crippen molar-refractivity contribution in [1.29, 1.82) is 0 Å². The average Bonchev–Trinajstić information content (AvgIpc) is 3.58. The van der Waals surface area contributed by atoms with Gasteiger partial charge in [-0.05, 0) is 83.5 Å². The summed E-state index contributed by atoms with van der Waals surface area (Å²) in [5.41, 5.74) is 0. The smallest absolute Gasteiger partial charge is 0.305 e. The lowest BCUT2D eigenvalue weighted by molar-refractivity contribution is -0.143. The molecule has 2 unspecified atom stereocenters. The van der Waals surface area contributed by atoms with Crippen molar-refractivity contribution in [3.05, 3.63) is 36.5 Å². The van der Waals surface area contributed by atoms with Crippen molar-refractivity contribution in [2.45, 2.75) is 469 Å². The predicted octanol–water partition coefficient (Wildman–Crippen LogP) is 27.0. The fraction of sp³-hybridized carbons (Fsp3) is 0.904. The van der Waals surface area contributed by atoms with E-state index in [-0.39, 0.29) is 18.5 Å². The van der Waals surface area contributed by atoms with E-state index in [9.17, 15) is 19.8 Å². The zero-order valence-electron chi connectivity index (χ0n) is 60.4. The molecule has 0 aromatic carbocycles. The molecule has 526 valence electrons. The molecule has 89 heavy (non-hydrogen) atoms. The summed E-state index contributed by atoms with van der Waals surface area (Å²) in [7, 11) is 0. The van der Waals surface area contributed by atoms with Crippen LogP contribution in [0.1, 0.15) is 457 Å². The Labute approximate surface area is 557 Å². The molecular formula is C83H159NO5. The van der Waals surface area contributed by atoms with Crippen molar-refractivity contribution in [3.63, 3.8) is 0 Å². The van der Waals surface area contributed by atoms with Crippen molar-refractivity contribution >= 4 is 11.9 Å². The maximum atomic E-state index is 12.5. The monoisotopic (exact) mass is 1250 g/mol. The second-order valence-electron chi connectivity index (χ2n) is 28.1. The van der Waals surface area contributed by atoms with E-state index in [4.69, 9.17) is 4.74 Å². The number of carbonyl (C=O) groups is 2. The number of hydrogen-bond donors (Lipinski definition) is 3. The number of allylic oxidation sites excluding steroid dienone is 5. The first kappa shape index (κ1) is 87.1. The fourth-order valence-corrected chi connectivity index (χ4v) is 12.9. The molecule has 0 saturated carbocycles. The number of esters is 1. The van der Waals surface area contributed by atoms with Gasteiger partial charge in [0.05, 0.1) is 25.4 Å². The van der Waals surface area contributed by atoms with Gasteiger partial charge in [0.15, 0.2) is 0 Å². The van der Waals surface area contributed by atoms with Gasteiger partial charge in [-0.2, -0.15) is 0 Å². The molecule has 0 aromatic heterocycles. The topological polar surface area (TPSA) is 95.9 Å². The molecule has 3 N–H and O–H groups in total. The number of aliphatic hydroxyl groups excluding tert-OH is 2. The minimum Gasteiger partial charge on any atom is -0.466 e. The van der Waals surface area contributed by atoms with Gasteiger partial charge >= 0.3 is 5.97 Å². The van der Waals surface area contributed by atoms with Crippen molar-refractivity contribution < 1.29 is 24.5 Å². The molecule has 0 bridgehead atoms. The number of aliphatic hydroxyl groups is 2. The van der Waals surface area contributed by atoms with Crippen LogP contribution in [0.5, 0.6) is 0 Å². The standard InChI is InChI=1S/C83H159NO5/c1-3-5-7-9-11-13-15-17-19-21-40-43-47-51-55-59-63-67-71-75-81(86)80(79-85)84-82(87)76-72-68-64-60-56-52-48-44-41-38-36-34-32-30-28-26-24-23-25-27-29-31-33-35-37-39-42-46-50-54-58-62-66-70-74-78-89-83(88)77-73-69-65-61-57-53-49-45-22-20-18-16-14-12-10-8-6-4-2/h20,22,25,27,71,75,80-81,85-86H,3-19,21,23-24,26,28-70,72-74,76-79H2,1-2H3,(H,84,87)/b22-20-,27-25-,75-71+. The number of amides is 1. The first-order valence-corrected chi connectivity index (χ1v) is 40.8. The molecule has 0 saturated heterocycles. The number of carbonyl (C=O) groups excluding carboxylic acids is 2. The Kier molecular flexibility index (Phi) is 76.8. The molecule has 0 spiro atoms. The van der Waals surface area contributed by atoms with E-state index < -0.39 is 12.1 Å². The van der Waals surface area contributed by atoms with Crippen LogP contribution in [0.4, 0.5) is 0 Å². The lowest BCUT2D eigenvalue weighted by Gasteiger charge is -2.20. The van der Waals surface area contributed by atoms with Gasteiger partial charge in [0.1, 0.15) is 0 Å². The third kappa shape index (κ3) is 75.0. The molecule has 2 atom stereocenters. The molecule has 6 heteroatoms. The van der Waals surface area contributed by atoms with E-state index in [1.165, 1.54) is 385 Å². The molecule has 0 aromatic rings. The Bertz CT molecular complexity index is 1440. The first-order valence-electron chi connectivity index (χ1n) is 40.8. The lowest BCUT2D eigenvalue weighted by atomic mass is 10.0. The van der Waals surface area contributed by atoms with Gasteiger partial charge in [0, 0.05) is 12.8 Å². The van der Waals surface area contributed by atoms with Crippen LogP contribution in [0.2, 0.25) is 0 Å². The molecular weight excluding hydrogens is 1090 g/mol. The molecule has 0 rings (SSSR count). The Hall–Kier alpha value is -1.92. The first-order chi connectivity index (χ1) is 44.0. The van der Waals surface area contributed by atoms with Gasteiger partial charge in [-0.25, -0.2) is 0 Å². The third-order valence-corrected chi connectivity index (χ3v) is 19.1. The Balaban J connectivity index is 3.35. The highest BCUT2D eigenvalue weighted by molar-refractivity contribution is 5.76. The van der Waals surface area contributed by atoms with E-state index in [1.807, 2.05) is 6.08 Å². The minimum absolute atomic E-state index is 0.0179. The quantitative estimate of drug-likeness (QED) is 0.0320. The van der Waals surface area contributed by atoms with Crippen LogP contribution in [0, 0.1) is 0 Å². The molecule has 0 aliphatic carbocycles. The number of ether oxygens (including phenoxy) is 1. The van der Waals surface area contributed by atoms with Gasteiger partial charge < -0.3 is 20.3 Å². The van der Waals surface area contributed by atoms with Gasteiger partial charge in [0.25, 0.3) is 0 Å². The van der Waals surface area contributed by atoms with Crippen LogP contribution in [0.3, 0.4) is 0 Å². The largest absolute Gasteiger partial charge is 0.466 e. The van der Waals surface area contributed by atoms with Crippen LogP contribution < -0.4 is 5.32 Å². The molecule has 1 amide bonds. The summed E-state index contributed by atoms with van der Waals surface area (Å²) in [6, 6.07) is -0.626. The van der Waals surface area contributed by atoms with Gasteiger partial charge in [0.2, 0.25) is 5.91 Å². The maximum Gasteiger partial charge on any atom is 0.305 e. The van der Waals surface area contributed by atoms with E-state index in [2.05, 4.69) is 43.5 Å². The molecule has 0 aliphatic heterocycles. The number of hydrogen-bond acceptors (Lipinski definition) is 5. The highest BCUT2D eigenvalue weighted by Crippen LogP contribution is 2.20. The highest BCUT2D eigenvalue weighted by atomic mass is 16.5. The normalized spacial score (nSPS) is 12.6. The summed E-state index contributed by atoms with van der Waals surface area (Å²) in [5, 5.41) is 23.3. The summed E-state index contributed by atoms with van der Waals surface area (Å²) >= 11 is 0. The van der Waals surface area contributed by atoms with Crippen molar-refractivity contribution in [1.82, 2.24) is 5.32 Å². The van der Waals surface area contributed by atoms with Crippen LogP contribution in [-0.4, -0.2) is 47.4 Å². The zero-order chi connectivity index (χ0) is 64.2. The summed E-state index contributed by atoms with van der Waals surface area (Å²) in [5.74, 6) is -0.0424. The molecule has 6 nitrogen and oxygen atoms in total. The van der Waals surface area contributed by atoms with Gasteiger partial charge in [-0.3, -0.25) is 9.59 Å². The van der Waals surface area contributed by atoms with Gasteiger partial charge in [-0.15, -0.1) is 0 Å². The van der Waals surface area contributed by atoms with Crippen molar-refractivity contribution in [2.24, 2.45) is 0 Å². The van der Waals surface area contributed by atoms with E-state index in [1.54, 1.807) is 6.08 Å². The number of unbranched alkanes of at least 4 members (excludes halogenated alkanes) is 62. The predicted molar refractivity (Wildman–Crippen MR) is 393 cm³/mol. The third-order valence-electron chi connectivity index (χ3n) is 19.1. The lowest BCUT2D eigenvalue weighted by Crippen LogP contribution is -2.45. The maximum absolute atomic E-state index is 12.5. The Morgan fingerprint density at radius 1 is 0.303 bits per heavy atom. The molecule has 0 fully saturated rings. The van der Waals surface area contributed by atoms with Crippen LogP contribution >= 0.6 is 0 Å². The summed E-state index contributed by atoms with van der Waals surface area (Å²) in [6.45, 7) is 4.95. The summed E-state index contributed by atoms with van der Waals surface area (Å²) < 4.78 is 5.51. The van der Waals surface area contributed by atoms with Crippen LogP contribution in [-0.2, 0) is 14.3 Å². The Morgan fingerprint density at radius 3 is 0.798 bits per heavy atom.